The Morgan fingerprint density at radius 1 is 1.25 bits per heavy atom. The largest absolute Gasteiger partial charge is 0.431 e. The lowest BCUT2D eigenvalue weighted by Gasteiger charge is -2.40. The molecule has 0 amide bonds. The van der Waals surface area contributed by atoms with E-state index >= 15 is 0 Å². The van der Waals surface area contributed by atoms with Crippen LogP contribution in [0.3, 0.4) is 0 Å². The van der Waals surface area contributed by atoms with Gasteiger partial charge in [0.1, 0.15) is 0 Å². The summed E-state index contributed by atoms with van der Waals surface area (Å²) in [5.74, 6) is 1.75. The maximum atomic E-state index is 12.6. The Morgan fingerprint density at radius 3 is 2.54 bits per heavy atom. The molecule has 3 atom stereocenters. The lowest BCUT2D eigenvalue weighted by atomic mass is 9.79. The number of hydrogen-bond donors (Lipinski definition) is 1. The number of pyridine rings is 1. The molecule has 5 rings (SSSR count). The molecule has 2 aromatic rings. The first kappa shape index (κ1) is 17.8. The minimum absolute atomic E-state index is 0.0580. The van der Waals surface area contributed by atoms with E-state index in [1.165, 1.54) is 24.6 Å². The van der Waals surface area contributed by atoms with E-state index in [1.807, 2.05) is 0 Å². The fourth-order valence-corrected chi connectivity index (χ4v) is 5.15. The monoisotopic (exact) mass is 390 g/mol. The number of anilines is 1. The van der Waals surface area contributed by atoms with E-state index in [9.17, 15) is 8.78 Å². The van der Waals surface area contributed by atoms with Crippen molar-refractivity contribution < 1.29 is 18.3 Å². The molecule has 3 heterocycles. The van der Waals surface area contributed by atoms with Crippen LogP contribution in [0, 0.1) is 17.3 Å². The molecule has 1 spiro atoms. The van der Waals surface area contributed by atoms with Crippen LogP contribution in [0.5, 0.6) is 5.75 Å². The molecule has 2 saturated carbocycles. The number of ether oxygens (including phenoxy) is 2. The van der Waals surface area contributed by atoms with Gasteiger partial charge in [-0.25, -0.2) is 4.98 Å². The number of aromatic nitrogens is 3. The molecule has 28 heavy (non-hydrogen) atoms. The highest BCUT2D eigenvalue weighted by molar-refractivity contribution is 5.64. The molecule has 2 N–H and O–H groups in total. The standard InChI is InChI=1S/C20H24F2N4O2/c1-10(2)26-15(17-12-5-20(6-13(12)17)8-27-9-20)4-14(25-26)11-3-16(28-19(21)22)18(23)24-7-11/h3-4,7,10,12-13,17,19H,5-6,8-9H2,1-2H3,(H2,23,24)/t12-,13+,17?. The van der Waals surface area contributed by atoms with Crippen molar-refractivity contribution in [3.8, 4) is 17.0 Å². The Hall–Kier alpha value is -2.22. The second-order valence-electron chi connectivity index (χ2n) is 8.73. The van der Waals surface area contributed by atoms with Crippen LogP contribution in [0.4, 0.5) is 14.6 Å². The van der Waals surface area contributed by atoms with Crippen molar-refractivity contribution in [3.63, 3.8) is 0 Å². The number of hydrogen-bond acceptors (Lipinski definition) is 5. The number of nitrogens with two attached hydrogens (primary N) is 1. The number of rotatable bonds is 5. The molecule has 3 aliphatic rings. The fraction of sp³-hybridized carbons (Fsp3) is 0.600. The average molecular weight is 390 g/mol. The summed E-state index contributed by atoms with van der Waals surface area (Å²) in [4.78, 5) is 4.00. The maximum Gasteiger partial charge on any atom is 0.387 e. The summed E-state index contributed by atoms with van der Waals surface area (Å²) in [6.07, 6.45) is 4.02. The summed E-state index contributed by atoms with van der Waals surface area (Å²) >= 11 is 0. The smallest absolute Gasteiger partial charge is 0.387 e. The van der Waals surface area contributed by atoms with Gasteiger partial charge in [0.25, 0.3) is 0 Å². The van der Waals surface area contributed by atoms with E-state index in [0.717, 1.165) is 13.2 Å². The van der Waals surface area contributed by atoms with Crippen LogP contribution in [0.25, 0.3) is 11.3 Å². The van der Waals surface area contributed by atoms with Gasteiger partial charge in [-0.3, -0.25) is 4.68 Å². The summed E-state index contributed by atoms with van der Waals surface area (Å²) in [5, 5.41) is 4.76. The molecular formula is C20H24F2N4O2. The summed E-state index contributed by atoms with van der Waals surface area (Å²) in [7, 11) is 0. The summed E-state index contributed by atoms with van der Waals surface area (Å²) in [5.41, 5.74) is 8.65. The molecule has 0 bridgehead atoms. The zero-order valence-corrected chi connectivity index (χ0v) is 15.9. The molecule has 8 heteroatoms. The third-order valence-corrected chi connectivity index (χ3v) is 6.47. The number of nitrogens with zero attached hydrogens (tertiary/aromatic N) is 3. The summed E-state index contributed by atoms with van der Waals surface area (Å²) in [6.45, 7) is 3.08. The molecule has 3 fully saturated rings. The van der Waals surface area contributed by atoms with Gasteiger partial charge >= 0.3 is 6.61 Å². The third-order valence-electron chi connectivity index (χ3n) is 6.47. The molecule has 1 unspecified atom stereocenters. The van der Waals surface area contributed by atoms with E-state index < -0.39 is 6.61 Å². The van der Waals surface area contributed by atoms with Crippen LogP contribution in [0.15, 0.2) is 18.3 Å². The number of fused-ring (bicyclic) bond motifs is 1. The van der Waals surface area contributed by atoms with E-state index in [-0.39, 0.29) is 17.6 Å². The zero-order valence-electron chi connectivity index (χ0n) is 15.9. The molecule has 6 nitrogen and oxygen atoms in total. The van der Waals surface area contributed by atoms with Crippen LogP contribution in [-0.2, 0) is 4.74 Å². The Bertz CT molecular complexity index is 896. The zero-order chi connectivity index (χ0) is 19.6. The second-order valence-corrected chi connectivity index (χ2v) is 8.73. The van der Waals surface area contributed by atoms with Crippen molar-refractivity contribution in [2.24, 2.45) is 17.3 Å². The van der Waals surface area contributed by atoms with Gasteiger partial charge in [0.05, 0.1) is 18.9 Å². The van der Waals surface area contributed by atoms with Crippen LogP contribution in [0.2, 0.25) is 0 Å². The van der Waals surface area contributed by atoms with E-state index in [4.69, 9.17) is 15.6 Å². The lowest BCUT2D eigenvalue weighted by molar-refractivity contribution is -0.115. The van der Waals surface area contributed by atoms with Crippen molar-refractivity contribution in [2.75, 3.05) is 18.9 Å². The normalized spacial score (nSPS) is 27.3. The first-order valence-corrected chi connectivity index (χ1v) is 9.75. The quantitative estimate of drug-likeness (QED) is 0.839. The summed E-state index contributed by atoms with van der Waals surface area (Å²) in [6, 6.07) is 3.77. The highest BCUT2D eigenvalue weighted by atomic mass is 19.3. The molecule has 2 aliphatic carbocycles. The van der Waals surface area contributed by atoms with Gasteiger partial charge in [0.15, 0.2) is 11.6 Å². The predicted molar refractivity (Wildman–Crippen MR) is 99.1 cm³/mol. The SMILES string of the molecule is CC(C)n1nc(-c2cnc(N)c(OC(F)F)c2)cc1C1[C@H]2CC3(COC3)C[C@@H]12. The van der Waals surface area contributed by atoms with Crippen molar-refractivity contribution in [1.29, 1.82) is 0 Å². The van der Waals surface area contributed by atoms with Crippen molar-refractivity contribution in [2.45, 2.75) is 45.3 Å². The fourth-order valence-electron chi connectivity index (χ4n) is 5.15. The molecule has 1 aliphatic heterocycles. The van der Waals surface area contributed by atoms with Crippen molar-refractivity contribution in [3.05, 3.63) is 24.0 Å². The van der Waals surface area contributed by atoms with E-state index in [1.54, 1.807) is 6.20 Å². The van der Waals surface area contributed by atoms with Gasteiger partial charge in [-0.15, -0.1) is 0 Å². The molecule has 150 valence electrons. The van der Waals surface area contributed by atoms with Crippen LogP contribution >= 0.6 is 0 Å². The van der Waals surface area contributed by atoms with E-state index in [0.29, 0.717) is 34.4 Å². The van der Waals surface area contributed by atoms with Crippen LogP contribution < -0.4 is 10.5 Å². The topological polar surface area (TPSA) is 75.2 Å². The maximum absolute atomic E-state index is 12.6. The Balaban J connectivity index is 1.44. The van der Waals surface area contributed by atoms with E-state index in [2.05, 4.69) is 34.3 Å². The highest BCUT2D eigenvalue weighted by Gasteiger charge is 2.64. The van der Waals surface area contributed by atoms with Crippen molar-refractivity contribution >= 4 is 5.82 Å². The van der Waals surface area contributed by atoms with Gasteiger partial charge < -0.3 is 15.2 Å². The molecular weight excluding hydrogens is 366 g/mol. The highest BCUT2D eigenvalue weighted by Crippen LogP contribution is 2.70. The van der Waals surface area contributed by atoms with Gasteiger partial charge in [-0.2, -0.15) is 13.9 Å². The Kier molecular flexibility index (Phi) is 3.91. The van der Waals surface area contributed by atoms with Crippen molar-refractivity contribution in [1.82, 2.24) is 14.8 Å². The Labute approximate surface area is 162 Å². The predicted octanol–water partition coefficient (Wildman–Crippen LogP) is 3.85. The molecule has 2 aromatic heterocycles. The number of halogens is 2. The first-order valence-electron chi connectivity index (χ1n) is 9.75. The number of nitrogen functional groups attached to an aromatic ring is 1. The van der Waals surface area contributed by atoms with Crippen LogP contribution in [-0.4, -0.2) is 34.6 Å². The lowest BCUT2D eigenvalue weighted by Crippen LogP contribution is -2.41. The van der Waals surface area contributed by atoms with Gasteiger partial charge in [0, 0.05) is 34.8 Å². The molecule has 0 radical (unpaired) electrons. The van der Waals surface area contributed by atoms with Gasteiger partial charge in [-0.05, 0) is 50.7 Å². The summed E-state index contributed by atoms with van der Waals surface area (Å²) < 4.78 is 37.2. The number of alkyl halides is 2. The minimum atomic E-state index is -2.95. The minimum Gasteiger partial charge on any atom is -0.431 e. The second kappa shape index (κ2) is 6.14. The third kappa shape index (κ3) is 2.77. The molecule has 0 aromatic carbocycles. The van der Waals surface area contributed by atoms with Gasteiger partial charge in [-0.1, -0.05) is 0 Å². The first-order chi connectivity index (χ1) is 13.4. The molecule has 1 saturated heterocycles. The Morgan fingerprint density at radius 2 is 1.96 bits per heavy atom. The van der Waals surface area contributed by atoms with Gasteiger partial charge in [0.2, 0.25) is 0 Å². The van der Waals surface area contributed by atoms with Crippen LogP contribution in [0.1, 0.15) is 44.3 Å². The average Bonchev–Trinajstić information content (AvgIpc) is 2.99.